The molecule has 0 amide bonds. The van der Waals surface area contributed by atoms with Crippen molar-refractivity contribution in [3.05, 3.63) is 69.8 Å². The maximum absolute atomic E-state index is 13.0. The second kappa shape index (κ2) is 11.1. The molecule has 4 rings (SSSR count). The van der Waals surface area contributed by atoms with Crippen molar-refractivity contribution in [3.63, 3.8) is 0 Å². The van der Waals surface area contributed by atoms with Crippen molar-refractivity contribution in [3.8, 4) is 28.0 Å². The molecule has 41 heavy (non-hydrogen) atoms. The van der Waals surface area contributed by atoms with Crippen LogP contribution in [0.3, 0.4) is 0 Å². The van der Waals surface area contributed by atoms with E-state index in [-0.39, 0.29) is 0 Å². The van der Waals surface area contributed by atoms with Gasteiger partial charge in [-0.3, -0.25) is 4.31 Å². The van der Waals surface area contributed by atoms with Gasteiger partial charge in [0.05, 0.1) is 24.2 Å². The molecular weight excluding hydrogens is 538 g/mol. The number of carboxylic acids is 1. The number of nitrogens with zero attached hydrogens (tertiary/aromatic N) is 1. The SMILES string of the molecule is Cc1ccc(-c2c(C)c(-c3ccc4c(c3)CCCO4)c(C(OC(C)(C)C)C(=O)O)c(C)c2N(C)S(C)(=O)=O)cc1C. The number of carbonyl (C=O) groups is 1. The number of hydrogen-bond acceptors (Lipinski definition) is 5. The summed E-state index contributed by atoms with van der Waals surface area (Å²) in [5, 5.41) is 10.5. The van der Waals surface area contributed by atoms with E-state index in [4.69, 9.17) is 9.47 Å². The Hall–Kier alpha value is -3.36. The van der Waals surface area contributed by atoms with Gasteiger partial charge in [0, 0.05) is 18.2 Å². The van der Waals surface area contributed by atoms with Gasteiger partial charge in [-0.2, -0.15) is 0 Å². The second-order valence-corrected chi connectivity index (χ2v) is 14.0. The van der Waals surface area contributed by atoms with Crippen LogP contribution in [0.4, 0.5) is 5.69 Å². The fraction of sp³-hybridized carbons (Fsp3) is 0.424. The number of carboxylic acid groups (broad SMARTS) is 1. The molecule has 7 nitrogen and oxygen atoms in total. The minimum Gasteiger partial charge on any atom is -0.493 e. The third-order valence-electron chi connectivity index (χ3n) is 7.78. The number of sulfonamides is 1. The van der Waals surface area contributed by atoms with Crippen molar-refractivity contribution < 1.29 is 27.8 Å². The molecule has 0 saturated carbocycles. The van der Waals surface area contributed by atoms with Gasteiger partial charge in [-0.1, -0.05) is 24.3 Å². The van der Waals surface area contributed by atoms with Gasteiger partial charge in [0.1, 0.15) is 5.75 Å². The van der Waals surface area contributed by atoms with Crippen LogP contribution in [0.1, 0.15) is 66.7 Å². The highest BCUT2D eigenvalue weighted by Crippen LogP contribution is 2.49. The predicted octanol–water partition coefficient (Wildman–Crippen LogP) is 6.92. The summed E-state index contributed by atoms with van der Waals surface area (Å²) in [5.41, 5.74) is 7.85. The maximum Gasteiger partial charge on any atom is 0.337 e. The number of rotatable bonds is 7. The van der Waals surface area contributed by atoms with Crippen LogP contribution in [0.5, 0.6) is 5.75 Å². The Morgan fingerprint density at radius 2 is 1.61 bits per heavy atom. The minimum absolute atomic E-state index is 0.442. The fourth-order valence-electron chi connectivity index (χ4n) is 5.62. The van der Waals surface area contributed by atoms with E-state index in [1.165, 1.54) is 11.4 Å². The molecule has 0 radical (unpaired) electrons. The molecule has 0 aromatic heterocycles. The Bertz CT molecular complexity index is 1620. The Kier molecular flexibility index (Phi) is 8.31. The smallest absolute Gasteiger partial charge is 0.337 e. The zero-order valence-electron chi connectivity index (χ0n) is 25.5. The topological polar surface area (TPSA) is 93.1 Å². The highest BCUT2D eigenvalue weighted by molar-refractivity contribution is 7.92. The number of anilines is 1. The minimum atomic E-state index is -3.70. The zero-order chi connectivity index (χ0) is 30.4. The first-order valence-corrected chi connectivity index (χ1v) is 15.7. The Labute approximate surface area is 244 Å². The molecular formula is C33H41NO6S. The first-order valence-electron chi connectivity index (χ1n) is 13.9. The van der Waals surface area contributed by atoms with Gasteiger partial charge in [0.25, 0.3) is 0 Å². The van der Waals surface area contributed by atoms with Crippen LogP contribution in [0.2, 0.25) is 0 Å². The summed E-state index contributed by atoms with van der Waals surface area (Å²) < 4.78 is 39.4. The molecule has 1 aliphatic heterocycles. The van der Waals surface area contributed by atoms with Crippen molar-refractivity contribution in [2.24, 2.45) is 0 Å². The van der Waals surface area contributed by atoms with E-state index in [0.29, 0.717) is 23.4 Å². The van der Waals surface area contributed by atoms with Crippen LogP contribution < -0.4 is 9.04 Å². The maximum atomic E-state index is 13.0. The van der Waals surface area contributed by atoms with E-state index >= 15 is 0 Å². The normalized spacial score (nSPS) is 14.3. The predicted molar refractivity (Wildman–Crippen MR) is 165 cm³/mol. The van der Waals surface area contributed by atoms with Crippen LogP contribution in [0, 0.1) is 27.7 Å². The molecule has 0 bridgehead atoms. The number of benzene rings is 3. The van der Waals surface area contributed by atoms with Crippen LogP contribution in [0.15, 0.2) is 36.4 Å². The molecule has 0 fully saturated rings. The van der Waals surface area contributed by atoms with E-state index in [1.54, 1.807) is 6.92 Å². The highest BCUT2D eigenvalue weighted by Gasteiger charge is 2.36. The summed E-state index contributed by atoms with van der Waals surface area (Å²) in [5.74, 6) is -0.309. The lowest BCUT2D eigenvalue weighted by atomic mass is 9.81. The quantitative estimate of drug-likeness (QED) is 0.327. The third kappa shape index (κ3) is 6.14. The summed E-state index contributed by atoms with van der Waals surface area (Å²) in [6, 6.07) is 12.0. The van der Waals surface area contributed by atoms with Crippen LogP contribution in [0.25, 0.3) is 22.3 Å². The summed E-state index contributed by atoms with van der Waals surface area (Å²) in [6.07, 6.45) is 1.58. The average Bonchev–Trinajstić information content (AvgIpc) is 2.88. The van der Waals surface area contributed by atoms with Gasteiger partial charge in [-0.25, -0.2) is 13.2 Å². The lowest BCUT2D eigenvalue weighted by Crippen LogP contribution is -2.30. The summed E-state index contributed by atoms with van der Waals surface area (Å²) in [6.45, 7) is 13.9. The van der Waals surface area contributed by atoms with Gasteiger partial charge >= 0.3 is 5.97 Å². The molecule has 0 aliphatic carbocycles. The molecule has 1 atom stereocenters. The molecule has 3 aromatic rings. The van der Waals surface area contributed by atoms with Gasteiger partial charge in [-0.15, -0.1) is 0 Å². The molecule has 1 aliphatic rings. The largest absolute Gasteiger partial charge is 0.493 e. The van der Waals surface area contributed by atoms with Crippen LogP contribution in [-0.4, -0.2) is 45.0 Å². The first-order chi connectivity index (χ1) is 19.0. The number of hydrogen-bond donors (Lipinski definition) is 1. The fourth-order valence-corrected chi connectivity index (χ4v) is 6.18. The molecule has 8 heteroatoms. The van der Waals surface area contributed by atoms with Crippen molar-refractivity contribution >= 4 is 21.7 Å². The highest BCUT2D eigenvalue weighted by atomic mass is 32.2. The molecule has 0 saturated heterocycles. The van der Waals surface area contributed by atoms with Gasteiger partial charge in [0.15, 0.2) is 6.10 Å². The van der Waals surface area contributed by atoms with E-state index in [1.807, 2.05) is 65.8 Å². The summed E-state index contributed by atoms with van der Waals surface area (Å²) >= 11 is 0. The first kappa shape index (κ1) is 30.6. The van der Waals surface area contributed by atoms with Crippen molar-refractivity contribution in [1.82, 2.24) is 0 Å². The van der Waals surface area contributed by atoms with Crippen molar-refractivity contribution in [1.29, 1.82) is 0 Å². The third-order valence-corrected chi connectivity index (χ3v) is 8.96. The van der Waals surface area contributed by atoms with Crippen molar-refractivity contribution in [2.45, 2.75) is 73.0 Å². The molecule has 1 unspecified atom stereocenters. The lowest BCUT2D eigenvalue weighted by Gasteiger charge is -2.33. The Morgan fingerprint density at radius 1 is 0.976 bits per heavy atom. The number of ether oxygens (including phenoxy) is 2. The molecule has 0 spiro atoms. The van der Waals surface area contributed by atoms with Crippen LogP contribution in [-0.2, 0) is 26.0 Å². The van der Waals surface area contributed by atoms with Gasteiger partial charge in [0.2, 0.25) is 10.0 Å². The van der Waals surface area contributed by atoms with Gasteiger partial charge < -0.3 is 14.6 Å². The van der Waals surface area contributed by atoms with Crippen molar-refractivity contribution in [2.75, 3.05) is 24.2 Å². The summed E-state index contributed by atoms with van der Waals surface area (Å²) in [7, 11) is -2.19. The van der Waals surface area contributed by atoms with Gasteiger partial charge in [-0.05, 0) is 118 Å². The number of aliphatic carboxylic acids is 1. The number of fused-ring (bicyclic) bond motifs is 1. The average molecular weight is 580 g/mol. The molecule has 3 aromatic carbocycles. The Balaban J connectivity index is 2.21. The van der Waals surface area contributed by atoms with E-state index in [0.717, 1.165) is 69.4 Å². The monoisotopic (exact) mass is 579 g/mol. The Morgan fingerprint density at radius 3 is 2.20 bits per heavy atom. The molecule has 1 heterocycles. The zero-order valence-corrected chi connectivity index (χ0v) is 26.3. The standard InChI is InChI=1S/C33H41NO6S/c1-19-12-13-24(17-20(19)2)28-21(3)27(25-14-15-26-23(18-25)11-10-16-39-26)29(31(32(35)36)40-33(5,6)7)22(4)30(28)34(8)41(9,37)38/h12-15,17-18,31H,10-11,16H2,1-9H3,(H,35,36). The van der Waals surface area contributed by atoms with Crippen LogP contribution >= 0.6 is 0 Å². The van der Waals surface area contributed by atoms with E-state index in [9.17, 15) is 18.3 Å². The number of aryl methyl sites for hydroxylation is 3. The summed E-state index contributed by atoms with van der Waals surface area (Å²) in [4.78, 5) is 12.9. The van der Waals surface area contributed by atoms with E-state index in [2.05, 4.69) is 12.1 Å². The lowest BCUT2D eigenvalue weighted by molar-refractivity contribution is -0.160. The van der Waals surface area contributed by atoms with E-state index < -0.39 is 27.7 Å². The molecule has 1 N–H and O–H groups in total. The second-order valence-electron chi connectivity index (χ2n) is 12.0. The molecule has 220 valence electrons.